The van der Waals surface area contributed by atoms with E-state index >= 15 is 0 Å². The van der Waals surface area contributed by atoms with Gasteiger partial charge in [-0.25, -0.2) is 0 Å². The SMILES string of the molecule is C/C=C(C)\C=C/C(C)C(O)N1CC(=O)N(CC(=O)NCCc2ccccn2)/C2=C/CCC/C=C(\C2)C1.CC.CC. The number of rotatable bonds is 9. The largest absolute Gasteiger partial charge is 0.378 e. The molecule has 1 aliphatic heterocycles. The molecule has 222 valence electrons. The molecule has 2 atom stereocenters. The number of fused-ring (bicyclic) bond motifs is 2. The highest BCUT2D eigenvalue weighted by Gasteiger charge is 2.31. The van der Waals surface area contributed by atoms with Crippen LogP contribution >= 0.6 is 0 Å². The molecule has 2 amide bonds. The number of carbonyl (C=O) groups is 2. The molecule has 2 bridgehead atoms. The van der Waals surface area contributed by atoms with E-state index in [1.807, 2.05) is 89.8 Å². The molecule has 40 heavy (non-hydrogen) atoms. The summed E-state index contributed by atoms with van der Waals surface area (Å²) in [5.74, 6) is -0.515. The van der Waals surface area contributed by atoms with E-state index in [4.69, 9.17) is 0 Å². The molecular formula is C33H52N4O3. The summed E-state index contributed by atoms with van der Waals surface area (Å²) < 4.78 is 0. The molecule has 1 aromatic rings. The molecule has 2 N–H and O–H groups in total. The highest BCUT2D eigenvalue weighted by atomic mass is 16.3. The van der Waals surface area contributed by atoms with Crippen molar-refractivity contribution >= 4 is 11.8 Å². The van der Waals surface area contributed by atoms with Gasteiger partial charge in [-0.15, -0.1) is 0 Å². The Morgan fingerprint density at radius 2 is 1.88 bits per heavy atom. The summed E-state index contributed by atoms with van der Waals surface area (Å²) in [7, 11) is 0. The Balaban J connectivity index is 0.00000191. The summed E-state index contributed by atoms with van der Waals surface area (Å²) in [6, 6.07) is 5.71. The maximum atomic E-state index is 13.4. The van der Waals surface area contributed by atoms with E-state index in [0.717, 1.165) is 36.2 Å². The van der Waals surface area contributed by atoms with E-state index in [0.29, 0.717) is 25.9 Å². The van der Waals surface area contributed by atoms with Crippen LogP contribution in [0.25, 0.3) is 0 Å². The highest BCUT2D eigenvalue weighted by Crippen LogP contribution is 2.26. The Morgan fingerprint density at radius 1 is 1.15 bits per heavy atom. The van der Waals surface area contributed by atoms with Crippen LogP contribution in [0.2, 0.25) is 0 Å². The van der Waals surface area contributed by atoms with E-state index in [9.17, 15) is 14.7 Å². The number of pyridine rings is 1. The van der Waals surface area contributed by atoms with Crippen molar-refractivity contribution in [2.45, 2.75) is 86.8 Å². The molecule has 0 saturated carbocycles. The lowest BCUT2D eigenvalue weighted by molar-refractivity contribution is -0.138. The molecule has 1 saturated heterocycles. The fourth-order valence-corrected chi connectivity index (χ4v) is 4.42. The predicted octanol–water partition coefficient (Wildman–Crippen LogP) is 5.80. The zero-order valence-corrected chi connectivity index (χ0v) is 25.8. The summed E-state index contributed by atoms with van der Waals surface area (Å²) in [5, 5.41) is 14.1. The van der Waals surface area contributed by atoms with Gasteiger partial charge in [-0.1, -0.05) is 82.2 Å². The van der Waals surface area contributed by atoms with Crippen LogP contribution in [-0.4, -0.2) is 64.1 Å². The first-order valence-corrected chi connectivity index (χ1v) is 14.9. The average molecular weight is 553 g/mol. The second-order valence-corrected chi connectivity index (χ2v) is 9.64. The lowest BCUT2D eigenvalue weighted by Crippen LogP contribution is -2.51. The number of nitrogens with one attached hydrogen (secondary N) is 1. The van der Waals surface area contributed by atoms with Gasteiger partial charge in [-0.05, 0) is 45.2 Å². The Kier molecular flexibility index (Phi) is 17.4. The average Bonchev–Trinajstić information content (AvgIpc) is 2.96. The van der Waals surface area contributed by atoms with Crippen LogP contribution in [0.4, 0.5) is 0 Å². The lowest BCUT2D eigenvalue weighted by Gasteiger charge is -2.37. The summed E-state index contributed by atoms with van der Waals surface area (Å²) in [6.45, 7) is 15.0. The fourth-order valence-electron chi connectivity index (χ4n) is 4.42. The third kappa shape index (κ3) is 12.0. The van der Waals surface area contributed by atoms with Gasteiger partial charge in [0, 0.05) is 49.4 Å². The van der Waals surface area contributed by atoms with Crippen LogP contribution in [0.15, 0.2) is 71.6 Å². The van der Waals surface area contributed by atoms with E-state index < -0.39 is 6.23 Å². The second-order valence-electron chi connectivity index (χ2n) is 9.64. The van der Waals surface area contributed by atoms with Crippen molar-refractivity contribution in [3.63, 3.8) is 0 Å². The maximum Gasteiger partial charge on any atom is 0.241 e. The summed E-state index contributed by atoms with van der Waals surface area (Å²) in [5.41, 5.74) is 4.09. The van der Waals surface area contributed by atoms with Gasteiger partial charge in [0.25, 0.3) is 0 Å². The number of amides is 2. The number of hydrogen-bond acceptors (Lipinski definition) is 5. The van der Waals surface area contributed by atoms with Crippen molar-refractivity contribution in [1.82, 2.24) is 20.1 Å². The van der Waals surface area contributed by atoms with Gasteiger partial charge in [0.15, 0.2) is 0 Å². The Hall–Kier alpha value is -3.03. The van der Waals surface area contributed by atoms with Gasteiger partial charge in [0.05, 0.1) is 6.54 Å². The minimum atomic E-state index is -0.805. The fraction of sp³-hybridized carbons (Fsp3) is 0.545. The molecule has 1 fully saturated rings. The number of hydrogen-bond donors (Lipinski definition) is 2. The molecule has 0 spiro atoms. The molecular weight excluding hydrogens is 500 g/mol. The molecule has 1 aromatic heterocycles. The van der Waals surface area contributed by atoms with Gasteiger partial charge >= 0.3 is 0 Å². The molecule has 1 aliphatic carbocycles. The summed E-state index contributed by atoms with van der Waals surface area (Å²) in [4.78, 5) is 34.0. The quantitative estimate of drug-likeness (QED) is 0.299. The standard InChI is InChI=1S/C29H40N4O3.2C2H6/c1-4-22(2)13-14-23(3)29(36)32-19-24-10-6-5-7-12-26(18-24)33(28(35)21-32)20-27(34)31-17-15-25-11-8-9-16-30-25;2*1-2/h4,8-14,16,23,29,36H,5-7,15,17-21H2,1-3H3,(H,31,34);2*1-2H3/b14-13-,22-4-,24-10+,26-12+;;. The third-order valence-electron chi connectivity index (χ3n) is 6.72. The number of aliphatic hydroxyl groups is 1. The van der Waals surface area contributed by atoms with Crippen molar-refractivity contribution in [3.8, 4) is 0 Å². The Morgan fingerprint density at radius 3 is 2.55 bits per heavy atom. The van der Waals surface area contributed by atoms with Crippen molar-refractivity contribution in [2.24, 2.45) is 5.92 Å². The highest BCUT2D eigenvalue weighted by molar-refractivity contribution is 5.87. The van der Waals surface area contributed by atoms with Gasteiger partial charge < -0.3 is 15.3 Å². The zero-order chi connectivity index (χ0) is 29.9. The maximum absolute atomic E-state index is 13.4. The Bertz CT molecular complexity index is 1010. The number of nitrogens with zero attached hydrogens (tertiary/aromatic N) is 3. The summed E-state index contributed by atoms with van der Waals surface area (Å²) in [6.07, 6.45) is 15.3. The van der Waals surface area contributed by atoms with Gasteiger partial charge in [0.2, 0.25) is 11.8 Å². The Labute approximate surface area is 242 Å². The van der Waals surface area contributed by atoms with Crippen LogP contribution < -0.4 is 5.32 Å². The van der Waals surface area contributed by atoms with E-state index in [-0.39, 0.29) is 30.8 Å². The van der Waals surface area contributed by atoms with Crippen molar-refractivity contribution in [3.05, 3.63) is 77.3 Å². The lowest BCUT2D eigenvalue weighted by atomic mass is 9.98. The van der Waals surface area contributed by atoms with Crippen LogP contribution in [0.3, 0.4) is 0 Å². The van der Waals surface area contributed by atoms with E-state index in [1.165, 1.54) is 5.57 Å². The molecule has 7 nitrogen and oxygen atoms in total. The first-order chi connectivity index (χ1) is 19.4. The normalized spacial score (nSPS) is 20.4. The molecule has 2 unspecified atom stereocenters. The minimum absolute atomic E-state index is 0.0277. The van der Waals surface area contributed by atoms with Gasteiger partial charge in [0.1, 0.15) is 12.8 Å². The van der Waals surface area contributed by atoms with Crippen LogP contribution in [0.5, 0.6) is 0 Å². The first-order valence-electron chi connectivity index (χ1n) is 14.9. The van der Waals surface area contributed by atoms with Gasteiger partial charge in [-0.3, -0.25) is 19.5 Å². The smallest absolute Gasteiger partial charge is 0.241 e. The molecule has 3 rings (SSSR count). The topological polar surface area (TPSA) is 85.8 Å². The number of aliphatic hydroxyl groups excluding tert-OH is 1. The van der Waals surface area contributed by atoms with E-state index in [2.05, 4.69) is 22.5 Å². The zero-order valence-electron chi connectivity index (χ0n) is 25.8. The van der Waals surface area contributed by atoms with Gasteiger partial charge in [-0.2, -0.15) is 0 Å². The van der Waals surface area contributed by atoms with E-state index in [1.54, 1.807) is 11.1 Å². The van der Waals surface area contributed by atoms with Crippen molar-refractivity contribution in [2.75, 3.05) is 26.2 Å². The first kappa shape index (κ1) is 35.0. The molecule has 0 aromatic carbocycles. The van der Waals surface area contributed by atoms with Crippen LogP contribution in [0, 0.1) is 5.92 Å². The van der Waals surface area contributed by atoms with Crippen molar-refractivity contribution in [1.29, 1.82) is 0 Å². The summed E-state index contributed by atoms with van der Waals surface area (Å²) >= 11 is 0. The predicted molar refractivity (Wildman–Crippen MR) is 165 cm³/mol. The molecule has 2 heterocycles. The molecule has 0 radical (unpaired) electrons. The molecule has 7 heteroatoms. The monoisotopic (exact) mass is 552 g/mol. The number of allylic oxidation sites excluding steroid dienone is 6. The van der Waals surface area contributed by atoms with Crippen LogP contribution in [0.1, 0.15) is 79.8 Å². The number of aromatic nitrogens is 1. The number of carbonyl (C=O) groups excluding carboxylic acids is 2. The van der Waals surface area contributed by atoms with Crippen LogP contribution in [-0.2, 0) is 16.0 Å². The molecule has 2 aliphatic rings. The minimum Gasteiger partial charge on any atom is -0.378 e. The third-order valence-corrected chi connectivity index (χ3v) is 6.72. The second kappa shape index (κ2) is 19.9. The van der Waals surface area contributed by atoms with Crippen molar-refractivity contribution < 1.29 is 14.7 Å².